The summed E-state index contributed by atoms with van der Waals surface area (Å²) in [5.74, 6) is 0.896. The second kappa shape index (κ2) is 5.47. The Kier molecular flexibility index (Phi) is 4.52. The van der Waals surface area contributed by atoms with E-state index in [1.165, 1.54) is 18.4 Å². The summed E-state index contributed by atoms with van der Waals surface area (Å²) in [7, 11) is -0.0564. The summed E-state index contributed by atoms with van der Waals surface area (Å²) in [4.78, 5) is 0. The van der Waals surface area contributed by atoms with Crippen LogP contribution in [0.25, 0.3) is 0 Å². The zero-order valence-electron chi connectivity index (χ0n) is 9.80. The standard InChI is InChI=1S/C10H18N2O3S/c1-9(10-5-4-7-15-10)11-6-8-16(13,14)12(2)3/h4-5,7,9,11H,6,8H2,1-3H3. The predicted molar refractivity (Wildman–Crippen MR) is 62.6 cm³/mol. The van der Waals surface area contributed by atoms with Crippen LogP contribution in [0.2, 0.25) is 0 Å². The van der Waals surface area contributed by atoms with Crippen molar-refractivity contribution in [1.82, 2.24) is 9.62 Å². The smallest absolute Gasteiger partial charge is 0.214 e. The van der Waals surface area contributed by atoms with Crippen molar-refractivity contribution in [3.63, 3.8) is 0 Å². The molecule has 0 amide bonds. The highest BCUT2D eigenvalue weighted by atomic mass is 32.2. The van der Waals surface area contributed by atoms with E-state index in [0.29, 0.717) is 6.54 Å². The van der Waals surface area contributed by atoms with Crippen molar-refractivity contribution >= 4 is 10.0 Å². The minimum Gasteiger partial charge on any atom is -0.468 e. The Bertz CT molecular complexity index is 398. The maximum Gasteiger partial charge on any atom is 0.214 e. The Morgan fingerprint density at radius 1 is 1.50 bits per heavy atom. The third-order valence-electron chi connectivity index (χ3n) is 2.34. The lowest BCUT2D eigenvalue weighted by Gasteiger charge is -2.14. The van der Waals surface area contributed by atoms with Crippen molar-refractivity contribution in [1.29, 1.82) is 0 Å². The van der Waals surface area contributed by atoms with Gasteiger partial charge >= 0.3 is 0 Å². The van der Waals surface area contributed by atoms with E-state index in [4.69, 9.17) is 4.42 Å². The topological polar surface area (TPSA) is 62.6 Å². The number of furan rings is 1. The fourth-order valence-corrected chi connectivity index (χ4v) is 1.97. The molecule has 1 atom stereocenters. The molecule has 1 N–H and O–H groups in total. The predicted octanol–water partition coefficient (Wildman–Crippen LogP) is 0.822. The molecule has 92 valence electrons. The Morgan fingerprint density at radius 2 is 2.19 bits per heavy atom. The molecule has 0 aliphatic rings. The van der Waals surface area contributed by atoms with E-state index in [1.54, 1.807) is 6.26 Å². The van der Waals surface area contributed by atoms with Gasteiger partial charge in [0, 0.05) is 20.6 Å². The van der Waals surface area contributed by atoms with E-state index in [0.717, 1.165) is 5.76 Å². The van der Waals surface area contributed by atoms with Gasteiger partial charge < -0.3 is 9.73 Å². The van der Waals surface area contributed by atoms with Gasteiger partial charge in [-0.1, -0.05) is 0 Å². The molecule has 0 saturated heterocycles. The van der Waals surface area contributed by atoms with Gasteiger partial charge in [0.05, 0.1) is 18.1 Å². The average Bonchev–Trinajstić information content (AvgIpc) is 2.69. The summed E-state index contributed by atoms with van der Waals surface area (Å²) in [6, 6.07) is 3.69. The van der Waals surface area contributed by atoms with E-state index in [-0.39, 0.29) is 11.8 Å². The molecule has 0 radical (unpaired) electrons. The van der Waals surface area contributed by atoms with E-state index in [2.05, 4.69) is 5.32 Å². The molecule has 6 heteroatoms. The van der Waals surface area contributed by atoms with Crippen LogP contribution in [0.3, 0.4) is 0 Å². The van der Waals surface area contributed by atoms with Crippen LogP contribution in [-0.2, 0) is 10.0 Å². The number of rotatable bonds is 6. The van der Waals surface area contributed by atoms with E-state index >= 15 is 0 Å². The molecule has 0 spiro atoms. The van der Waals surface area contributed by atoms with Crippen LogP contribution in [0, 0.1) is 0 Å². The lowest BCUT2D eigenvalue weighted by atomic mass is 10.2. The Morgan fingerprint density at radius 3 is 2.69 bits per heavy atom. The first-order chi connectivity index (χ1) is 7.43. The first-order valence-corrected chi connectivity index (χ1v) is 6.71. The molecule has 0 aromatic carbocycles. The molecule has 1 rings (SSSR count). The first-order valence-electron chi connectivity index (χ1n) is 5.10. The largest absolute Gasteiger partial charge is 0.468 e. The van der Waals surface area contributed by atoms with Crippen molar-refractivity contribution in [2.24, 2.45) is 0 Å². The molecule has 5 nitrogen and oxygen atoms in total. The van der Waals surface area contributed by atoms with Gasteiger partial charge in [-0.15, -0.1) is 0 Å². The van der Waals surface area contributed by atoms with Crippen LogP contribution in [-0.4, -0.2) is 39.1 Å². The van der Waals surface area contributed by atoms with Gasteiger partial charge in [0.25, 0.3) is 0 Å². The molecule has 1 unspecified atom stereocenters. The quantitative estimate of drug-likeness (QED) is 0.807. The molecule has 0 bridgehead atoms. The Labute approximate surface area is 96.5 Å². The summed E-state index contributed by atoms with van der Waals surface area (Å²) in [6.45, 7) is 2.34. The van der Waals surface area contributed by atoms with Gasteiger partial charge in [-0.25, -0.2) is 12.7 Å². The second-order valence-electron chi connectivity index (χ2n) is 3.79. The molecular weight excluding hydrogens is 228 g/mol. The zero-order valence-corrected chi connectivity index (χ0v) is 10.6. The highest BCUT2D eigenvalue weighted by molar-refractivity contribution is 7.89. The Balaban J connectivity index is 2.37. The van der Waals surface area contributed by atoms with Crippen LogP contribution >= 0.6 is 0 Å². The van der Waals surface area contributed by atoms with Crippen LogP contribution < -0.4 is 5.32 Å². The Hall–Kier alpha value is -0.850. The number of nitrogens with one attached hydrogen (secondary N) is 1. The van der Waals surface area contributed by atoms with Crippen LogP contribution in [0.15, 0.2) is 22.8 Å². The molecule has 1 heterocycles. The number of nitrogens with zero attached hydrogens (tertiary/aromatic N) is 1. The molecule has 0 aliphatic carbocycles. The minimum atomic E-state index is -3.12. The lowest BCUT2D eigenvalue weighted by Crippen LogP contribution is -2.32. The summed E-state index contributed by atoms with van der Waals surface area (Å²) < 4.78 is 29.4. The highest BCUT2D eigenvalue weighted by Gasteiger charge is 2.14. The lowest BCUT2D eigenvalue weighted by molar-refractivity contribution is 0.435. The van der Waals surface area contributed by atoms with Crippen LogP contribution in [0.1, 0.15) is 18.7 Å². The zero-order chi connectivity index (χ0) is 12.2. The molecular formula is C10H18N2O3S. The SMILES string of the molecule is CC(NCCS(=O)(=O)N(C)C)c1ccco1. The average molecular weight is 246 g/mol. The van der Waals surface area contributed by atoms with E-state index in [1.807, 2.05) is 19.1 Å². The maximum absolute atomic E-state index is 11.5. The molecule has 0 fully saturated rings. The van der Waals surface area contributed by atoms with Crippen molar-refractivity contribution in [2.75, 3.05) is 26.4 Å². The normalized spacial score (nSPS) is 14.2. The van der Waals surface area contributed by atoms with Crippen LogP contribution in [0.4, 0.5) is 0 Å². The summed E-state index contributed by atoms with van der Waals surface area (Å²) in [5, 5.41) is 3.10. The number of hydrogen-bond donors (Lipinski definition) is 1. The molecule has 0 aliphatic heterocycles. The molecule has 1 aromatic heterocycles. The monoisotopic (exact) mass is 246 g/mol. The third kappa shape index (κ3) is 3.62. The van der Waals surface area contributed by atoms with Crippen LogP contribution in [0.5, 0.6) is 0 Å². The van der Waals surface area contributed by atoms with E-state index < -0.39 is 10.0 Å². The van der Waals surface area contributed by atoms with Gasteiger partial charge in [0.15, 0.2) is 0 Å². The third-order valence-corrected chi connectivity index (χ3v) is 4.17. The van der Waals surface area contributed by atoms with Gasteiger partial charge in [-0.3, -0.25) is 0 Å². The fraction of sp³-hybridized carbons (Fsp3) is 0.600. The van der Waals surface area contributed by atoms with E-state index in [9.17, 15) is 8.42 Å². The van der Waals surface area contributed by atoms with Crippen molar-refractivity contribution < 1.29 is 12.8 Å². The van der Waals surface area contributed by atoms with Gasteiger partial charge in [-0.05, 0) is 19.1 Å². The second-order valence-corrected chi connectivity index (χ2v) is 6.09. The number of hydrogen-bond acceptors (Lipinski definition) is 4. The molecule has 16 heavy (non-hydrogen) atoms. The van der Waals surface area contributed by atoms with Gasteiger partial charge in [0.2, 0.25) is 10.0 Å². The summed E-state index contributed by atoms with van der Waals surface area (Å²) in [6.07, 6.45) is 1.60. The van der Waals surface area contributed by atoms with Crippen molar-refractivity contribution in [3.8, 4) is 0 Å². The van der Waals surface area contributed by atoms with Crippen molar-refractivity contribution in [3.05, 3.63) is 24.2 Å². The number of sulfonamides is 1. The van der Waals surface area contributed by atoms with Crippen molar-refractivity contribution in [2.45, 2.75) is 13.0 Å². The first kappa shape index (κ1) is 13.2. The van der Waals surface area contributed by atoms with Gasteiger partial charge in [-0.2, -0.15) is 0 Å². The van der Waals surface area contributed by atoms with Gasteiger partial charge in [0.1, 0.15) is 5.76 Å². The maximum atomic E-state index is 11.5. The highest BCUT2D eigenvalue weighted by Crippen LogP contribution is 2.11. The summed E-state index contributed by atoms with van der Waals surface area (Å²) >= 11 is 0. The fourth-order valence-electron chi connectivity index (χ4n) is 1.23. The summed E-state index contributed by atoms with van der Waals surface area (Å²) in [5.41, 5.74) is 0. The molecule has 1 aromatic rings. The minimum absolute atomic E-state index is 0.0207. The molecule has 0 saturated carbocycles.